The molecule has 2 aromatic heterocycles. The van der Waals surface area contributed by atoms with Crippen LogP contribution < -0.4 is 0 Å². The molecule has 0 saturated heterocycles. The van der Waals surface area contributed by atoms with Gasteiger partial charge >= 0.3 is 0 Å². The Labute approximate surface area is 202 Å². The molecule has 0 amide bonds. The molecule has 0 bridgehead atoms. The SMILES string of the molecule is [CH3-].[Ir].[Y].[c-]1cccc2c1c1nccn1c1cc3cc4ccccc4cc3cc21. The molecule has 4 heteroatoms. The predicted octanol–water partition coefficient (Wildman–Crippen LogP) is 6.19. The van der Waals surface area contributed by atoms with Crippen LogP contribution in [0.25, 0.3) is 48.9 Å². The van der Waals surface area contributed by atoms with Crippen LogP contribution in [-0.4, -0.2) is 9.38 Å². The summed E-state index contributed by atoms with van der Waals surface area (Å²) in [7, 11) is 0. The van der Waals surface area contributed by atoms with Gasteiger partial charge in [0.2, 0.25) is 0 Å². The number of pyridine rings is 1. The van der Waals surface area contributed by atoms with Crippen molar-refractivity contribution in [2.75, 3.05) is 0 Å². The summed E-state index contributed by atoms with van der Waals surface area (Å²) in [6, 6.07) is 27.2. The first-order valence-electron chi connectivity index (χ1n) is 8.40. The summed E-state index contributed by atoms with van der Waals surface area (Å²) in [4.78, 5) is 4.56. The van der Waals surface area contributed by atoms with Gasteiger partial charge in [-0.1, -0.05) is 35.7 Å². The minimum absolute atomic E-state index is 0. The molecule has 0 aliphatic carbocycles. The molecule has 0 saturated carbocycles. The van der Waals surface area contributed by atoms with E-state index in [0.717, 1.165) is 11.0 Å². The standard InChI is InChI=1S/C23H13N2.CH3.Ir.Y/c1-2-6-16-12-18-14-22-21(13-17(18)11-15(16)5-1)19-7-3-4-8-20(19)23-24-9-10-25(22)23;;;/h1-7,9-14H;1H3;;/q2*-1;;. The molecule has 0 fully saturated rings. The van der Waals surface area contributed by atoms with E-state index in [0.29, 0.717) is 0 Å². The van der Waals surface area contributed by atoms with E-state index in [1.165, 1.54) is 37.8 Å². The second-order valence-corrected chi connectivity index (χ2v) is 6.50. The van der Waals surface area contributed by atoms with Crippen LogP contribution in [0.4, 0.5) is 0 Å². The first-order valence-corrected chi connectivity index (χ1v) is 8.40. The molecule has 2 nitrogen and oxygen atoms in total. The van der Waals surface area contributed by atoms with E-state index >= 15 is 0 Å². The van der Waals surface area contributed by atoms with Crippen molar-refractivity contribution >= 4 is 48.9 Å². The Morgan fingerprint density at radius 3 is 2.25 bits per heavy atom. The number of imidazole rings is 1. The van der Waals surface area contributed by atoms with Gasteiger partial charge in [0.1, 0.15) is 0 Å². The number of nitrogens with zero attached hydrogens (tertiary/aromatic N) is 2. The molecule has 28 heavy (non-hydrogen) atoms. The van der Waals surface area contributed by atoms with Crippen molar-refractivity contribution in [1.29, 1.82) is 0 Å². The van der Waals surface area contributed by atoms with Crippen molar-refractivity contribution in [2.24, 2.45) is 0 Å². The van der Waals surface area contributed by atoms with E-state index < -0.39 is 0 Å². The van der Waals surface area contributed by atoms with Crippen LogP contribution in [0.5, 0.6) is 0 Å². The zero-order valence-electron chi connectivity index (χ0n) is 15.3. The van der Waals surface area contributed by atoms with E-state index in [-0.39, 0.29) is 60.2 Å². The fourth-order valence-electron chi connectivity index (χ4n) is 3.92. The summed E-state index contributed by atoms with van der Waals surface area (Å²) in [5.41, 5.74) is 2.14. The third kappa shape index (κ3) is 3.02. The van der Waals surface area contributed by atoms with E-state index in [2.05, 4.69) is 70.0 Å². The molecule has 6 rings (SSSR count). The van der Waals surface area contributed by atoms with E-state index in [4.69, 9.17) is 0 Å². The minimum atomic E-state index is 0. The summed E-state index contributed by atoms with van der Waals surface area (Å²) in [6.45, 7) is 0. The van der Waals surface area contributed by atoms with Crippen LogP contribution in [0.15, 0.2) is 79.1 Å². The van der Waals surface area contributed by atoms with Crippen LogP contribution in [0, 0.1) is 13.5 Å². The van der Waals surface area contributed by atoms with Crippen LogP contribution in [-0.2, 0) is 52.8 Å². The van der Waals surface area contributed by atoms with Crippen molar-refractivity contribution in [3.63, 3.8) is 0 Å². The average Bonchev–Trinajstić information content (AvgIpc) is 3.15. The molecular weight excluding hydrogens is 597 g/mol. The molecule has 2 radical (unpaired) electrons. The zero-order chi connectivity index (χ0) is 16.4. The maximum absolute atomic E-state index is 4.56. The van der Waals surface area contributed by atoms with E-state index in [1.54, 1.807) is 0 Å². The Morgan fingerprint density at radius 1 is 0.786 bits per heavy atom. The molecule has 0 aliphatic rings. The summed E-state index contributed by atoms with van der Waals surface area (Å²) in [5, 5.41) is 8.56. The largest absolute Gasteiger partial charge is 0.358 e. The predicted molar refractivity (Wildman–Crippen MR) is 110 cm³/mol. The van der Waals surface area contributed by atoms with Crippen molar-refractivity contribution in [2.45, 2.75) is 0 Å². The fourth-order valence-corrected chi connectivity index (χ4v) is 3.92. The van der Waals surface area contributed by atoms with Gasteiger partial charge in [-0.2, -0.15) is 0 Å². The molecule has 6 aromatic rings. The van der Waals surface area contributed by atoms with Crippen LogP contribution in [0.2, 0.25) is 0 Å². The van der Waals surface area contributed by atoms with Crippen LogP contribution in [0.1, 0.15) is 0 Å². The first kappa shape index (κ1) is 21.1. The van der Waals surface area contributed by atoms with Gasteiger partial charge in [-0.25, -0.2) is 0 Å². The van der Waals surface area contributed by atoms with Gasteiger partial charge in [-0.15, -0.1) is 29.7 Å². The number of rotatable bonds is 0. The summed E-state index contributed by atoms with van der Waals surface area (Å²) in [5.74, 6) is 0. The number of hydrogen-bond acceptors (Lipinski definition) is 1. The third-order valence-electron chi connectivity index (χ3n) is 5.09. The second kappa shape index (κ2) is 8.01. The van der Waals surface area contributed by atoms with Crippen LogP contribution in [0.3, 0.4) is 0 Å². The normalized spacial score (nSPS) is 10.7. The fraction of sp³-hybridized carbons (Fsp3) is 0. The van der Waals surface area contributed by atoms with Crippen molar-refractivity contribution in [3.05, 3.63) is 92.6 Å². The maximum Gasteiger partial charge on any atom is 0.0608 e. The van der Waals surface area contributed by atoms with Gasteiger partial charge in [0, 0.05) is 70.7 Å². The van der Waals surface area contributed by atoms with E-state index in [9.17, 15) is 0 Å². The van der Waals surface area contributed by atoms with Crippen molar-refractivity contribution in [1.82, 2.24) is 9.38 Å². The topological polar surface area (TPSA) is 17.3 Å². The van der Waals surface area contributed by atoms with Gasteiger partial charge in [-0.05, 0) is 45.1 Å². The molecule has 0 atom stereocenters. The number of aromatic nitrogens is 2. The number of hydrogen-bond donors (Lipinski definition) is 0. The van der Waals surface area contributed by atoms with Crippen LogP contribution >= 0.6 is 0 Å². The Bertz CT molecular complexity index is 1450. The minimum Gasteiger partial charge on any atom is -0.358 e. The molecule has 0 unspecified atom stereocenters. The first-order chi connectivity index (χ1) is 12.4. The van der Waals surface area contributed by atoms with Gasteiger partial charge in [0.15, 0.2) is 0 Å². The molecule has 4 aromatic carbocycles. The molecular formula is C24H16IrN2Y-2. The molecule has 0 spiro atoms. The Morgan fingerprint density at radius 2 is 1.50 bits per heavy atom. The van der Waals surface area contributed by atoms with Gasteiger partial charge in [0.05, 0.1) is 5.65 Å². The van der Waals surface area contributed by atoms with Gasteiger partial charge < -0.3 is 11.8 Å². The Balaban J connectivity index is 0.000000750. The smallest absolute Gasteiger partial charge is 0.0608 e. The third-order valence-corrected chi connectivity index (χ3v) is 5.09. The van der Waals surface area contributed by atoms with Gasteiger partial charge in [0.25, 0.3) is 0 Å². The maximum atomic E-state index is 4.56. The molecule has 0 N–H and O–H groups in total. The Hall–Kier alpha value is -1.64. The average molecular weight is 614 g/mol. The van der Waals surface area contributed by atoms with E-state index in [1.807, 2.05) is 24.5 Å². The second-order valence-electron chi connectivity index (χ2n) is 6.50. The zero-order valence-corrected chi connectivity index (χ0v) is 20.5. The molecule has 136 valence electrons. The van der Waals surface area contributed by atoms with Crippen molar-refractivity contribution < 1.29 is 52.8 Å². The molecule has 0 aliphatic heterocycles. The summed E-state index contributed by atoms with van der Waals surface area (Å²) < 4.78 is 2.17. The summed E-state index contributed by atoms with van der Waals surface area (Å²) >= 11 is 0. The Kier molecular flexibility index (Phi) is 6.03. The number of fused-ring (bicyclic) bond motifs is 8. The number of benzene rings is 4. The summed E-state index contributed by atoms with van der Waals surface area (Å²) in [6.07, 6.45) is 3.89. The monoisotopic (exact) mass is 614 g/mol. The van der Waals surface area contributed by atoms with Gasteiger partial charge in [-0.3, -0.25) is 4.98 Å². The van der Waals surface area contributed by atoms with Crippen molar-refractivity contribution in [3.8, 4) is 0 Å². The quantitative estimate of drug-likeness (QED) is 0.114. The molecule has 2 heterocycles.